The van der Waals surface area contributed by atoms with E-state index in [1.165, 1.54) is 17.1 Å². The van der Waals surface area contributed by atoms with Crippen molar-refractivity contribution in [1.29, 1.82) is 0 Å². The molecule has 0 radical (unpaired) electrons. The molecule has 21 heavy (non-hydrogen) atoms. The van der Waals surface area contributed by atoms with Crippen molar-refractivity contribution >= 4 is 5.95 Å². The number of nitrogens with zero attached hydrogens (tertiary/aromatic N) is 4. The van der Waals surface area contributed by atoms with Gasteiger partial charge in [0.2, 0.25) is 5.95 Å². The van der Waals surface area contributed by atoms with E-state index < -0.39 is 17.3 Å². The number of aromatic nitrogens is 4. The van der Waals surface area contributed by atoms with Gasteiger partial charge in [0, 0.05) is 18.0 Å². The lowest BCUT2D eigenvalue weighted by Gasteiger charge is -2.16. The third-order valence-corrected chi connectivity index (χ3v) is 2.57. The van der Waals surface area contributed by atoms with E-state index in [9.17, 15) is 18.3 Å². The second-order valence-corrected chi connectivity index (χ2v) is 5.23. The molecule has 0 unspecified atom stereocenters. The van der Waals surface area contributed by atoms with E-state index >= 15 is 0 Å². The van der Waals surface area contributed by atoms with Crippen LogP contribution in [0.1, 0.15) is 19.4 Å². The molecule has 114 valence electrons. The fourth-order valence-electron chi connectivity index (χ4n) is 1.79. The van der Waals surface area contributed by atoms with Gasteiger partial charge in [-0.05, 0) is 13.8 Å². The first kappa shape index (κ1) is 15.2. The molecular formula is C12H14F3N5O. The highest BCUT2D eigenvalue weighted by Crippen LogP contribution is 2.35. The number of nitrogens with two attached hydrogens (primary N) is 1. The number of hydrogen-bond donors (Lipinski definition) is 2. The van der Waals surface area contributed by atoms with Gasteiger partial charge in [-0.3, -0.25) is 4.68 Å². The molecule has 2 rings (SSSR count). The molecule has 3 N–H and O–H groups in total. The maximum Gasteiger partial charge on any atom is 0.419 e. The second kappa shape index (κ2) is 4.99. The average Bonchev–Trinajstić information content (AvgIpc) is 2.73. The van der Waals surface area contributed by atoms with E-state index in [0.717, 1.165) is 0 Å². The number of hydrogen-bond acceptors (Lipinski definition) is 5. The molecule has 0 atom stereocenters. The first-order valence-corrected chi connectivity index (χ1v) is 6.01. The summed E-state index contributed by atoms with van der Waals surface area (Å²) >= 11 is 0. The topological polar surface area (TPSA) is 89.8 Å². The van der Waals surface area contributed by atoms with Gasteiger partial charge in [0.05, 0.1) is 24.0 Å². The van der Waals surface area contributed by atoms with Crippen LogP contribution in [0.2, 0.25) is 0 Å². The zero-order valence-corrected chi connectivity index (χ0v) is 11.4. The van der Waals surface area contributed by atoms with Crippen molar-refractivity contribution in [2.24, 2.45) is 0 Å². The normalized spacial score (nSPS) is 12.7. The highest BCUT2D eigenvalue weighted by atomic mass is 19.4. The fourth-order valence-corrected chi connectivity index (χ4v) is 1.79. The van der Waals surface area contributed by atoms with Gasteiger partial charge in [0.25, 0.3) is 0 Å². The molecule has 0 fully saturated rings. The molecule has 2 aromatic heterocycles. The lowest BCUT2D eigenvalue weighted by atomic mass is 10.1. The molecule has 0 spiro atoms. The van der Waals surface area contributed by atoms with Crippen LogP contribution < -0.4 is 5.73 Å². The van der Waals surface area contributed by atoms with Crippen molar-refractivity contribution < 1.29 is 18.3 Å². The Labute approximate surface area is 118 Å². The van der Waals surface area contributed by atoms with Gasteiger partial charge in [-0.25, -0.2) is 9.97 Å². The predicted octanol–water partition coefficient (Wildman–Crippen LogP) is 1.71. The molecule has 2 heterocycles. The van der Waals surface area contributed by atoms with Crippen LogP contribution in [0.4, 0.5) is 19.1 Å². The summed E-state index contributed by atoms with van der Waals surface area (Å²) in [5, 5.41) is 13.6. The van der Waals surface area contributed by atoms with Gasteiger partial charge in [0.15, 0.2) is 0 Å². The molecule has 0 aliphatic carbocycles. The Morgan fingerprint density at radius 3 is 2.52 bits per heavy atom. The van der Waals surface area contributed by atoms with E-state index in [-0.39, 0.29) is 23.8 Å². The lowest BCUT2D eigenvalue weighted by Crippen LogP contribution is -2.26. The van der Waals surface area contributed by atoms with Gasteiger partial charge >= 0.3 is 6.18 Å². The highest BCUT2D eigenvalue weighted by Gasteiger charge is 2.35. The summed E-state index contributed by atoms with van der Waals surface area (Å²) in [6, 6.07) is 0. The van der Waals surface area contributed by atoms with Crippen LogP contribution in [0.5, 0.6) is 0 Å². The van der Waals surface area contributed by atoms with Crippen molar-refractivity contribution in [1.82, 2.24) is 19.7 Å². The van der Waals surface area contributed by atoms with Crippen molar-refractivity contribution in [2.75, 3.05) is 5.73 Å². The van der Waals surface area contributed by atoms with Gasteiger partial charge in [-0.2, -0.15) is 18.3 Å². The lowest BCUT2D eigenvalue weighted by molar-refractivity contribution is -0.137. The minimum atomic E-state index is -4.60. The van der Waals surface area contributed by atoms with Crippen molar-refractivity contribution in [3.05, 3.63) is 24.2 Å². The SMILES string of the molecule is CC(C)(O)Cn1cc(-c2nc(N)ncc2C(F)(F)F)cn1. The van der Waals surface area contributed by atoms with Crippen LogP contribution in [0.3, 0.4) is 0 Å². The summed E-state index contributed by atoms with van der Waals surface area (Å²) in [6.45, 7) is 3.27. The number of nitrogen functional groups attached to an aromatic ring is 1. The number of rotatable bonds is 3. The van der Waals surface area contributed by atoms with Crippen LogP contribution in [-0.2, 0) is 12.7 Å². The molecule has 0 saturated carbocycles. The molecule has 0 bridgehead atoms. The largest absolute Gasteiger partial charge is 0.419 e. The minimum Gasteiger partial charge on any atom is -0.389 e. The van der Waals surface area contributed by atoms with Crippen LogP contribution in [0.25, 0.3) is 11.3 Å². The molecule has 0 aliphatic rings. The van der Waals surface area contributed by atoms with E-state index in [0.29, 0.717) is 6.20 Å². The average molecular weight is 301 g/mol. The molecule has 6 nitrogen and oxygen atoms in total. The Bertz CT molecular complexity index is 645. The quantitative estimate of drug-likeness (QED) is 0.900. The first-order chi connectivity index (χ1) is 9.56. The van der Waals surface area contributed by atoms with Gasteiger partial charge < -0.3 is 10.8 Å². The summed E-state index contributed by atoms with van der Waals surface area (Å²) < 4.78 is 40.2. The summed E-state index contributed by atoms with van der Waals surface area (Å²) in [6.07, 6.45) is -1.34. The molecule has 0 amide bonds. The van der Waals surface area contributed by atoms with E-state index in [2.05, 4.69) is 15.1 Å². The third kappa shape index (κ3) is 3.69. The standard InChI is InChI=1S/C12H14F3N5O/c1-11(2,21)6-20-5-7(3-18-20)9-8(12(13,14)15)4-17-10(16)19-9/h3-5,21H,6H2,1-2H3,(H2,16,17,19). The summed E-state index contributed by atoms with van der Waals surface area (Å²) in [5.41, 5.74) is 3.15. The number of alkyl halides is 3. The molecular weight excluding hydrogens is 287 g/mol. The minimum absolute atomic E-state index is 0.134. The predicted molar refractivity (Wildman–Crippen MR) is 69.0 cm³/mol. The van der Waals surface area contributed by atoms with Crippen molar-refractivity contribution in [3.8, 4) is 11.3 Å². The maximum absolute atomic E-state index is 13.0. The molecule has 0 aliphatic heterocycles. The van der Waals surface area contributed by atoms with Gasteiger partial charge in [-0.15, -0.1) is 0 Å². The number of anilines is 1. The van der Waals surface area contributed by atoms with Gasteiger partial charge in [-0.1, -0.05) is 0 Å². The second-order valence-electron chi connectivity index (χ2n) is 5.23. The van der Waals surface area contributed by atoms with E-state index in [4.69, 9.17) is 5.73 Å². The summed E-state index contributed by atoms with van der Waals surface area (Å²) in [5.74, 6) is -0.256. The van der Waals surface area contributed by atoms with Crippen LogP contribution in [-0.4, -0.2) is 30.5 Å². The van der Waals surface area contributed by atoms with Crippen molar-refractivity contribution in [3.63, 3.8) is 0 Å². The molecule has 0 saturated heterocycles. The Morgan fingerprint density at radius 1 is 1.29 bits per heavy atom. The van der Waals surface area contributed by atoms with E-state index in [1.54, 1.807) is 13.8 Å². The Kier molecular flexibility index (Phi) is 3.62. The summed E-state index contributed by atoms with van der Waals surface area (Å²) in [4.78, 5) is 7.03. The smallest absolute Gasteiger partial charge is 0.389 e. The molecule has 2 aromatic rings. The van der Waals surface area contributed by atoms with Crippen molar-refractivity contribution in [2.45, 2.75) is 32.2 Å². The maximum atomic E-state index is 13.0. The zero-order chi connectivity index (χ0) is 15.8. The zero-order valence-electron chi connectivity index (χ0n) is 11.4. The first-order valence-electron chi connectivity index (χ1n) is 6.01. The molecule has 9 heteroatoms. The number of halogens is 3. The highest BCUT2D eigenvalue weighted by molar-refractivity contribution is 5.62. The monoisotopic (exact) mass is 301 g/mol. The summed E-state index contributed by atoms with van der Waals surface area (Å²) in [7, 11) is 0. The Morgan fingerprint density at radius 2 is 1.95 bits per heavy atom. The van der Waals surface area contributed by atoms with Crippen LogP contribution in [0, 0.1) is 0 Å². The van der Waals surface area contributed by atoms with Crippen LogP contribution in [0.15, 0.2) is 18.6 Å². The van der Waals surface area contributed by atoms with Crippen LogP contribution >= 0.6 is 0 Å². The van der Waals surface area contributed by atoms with E-state index in [1.807, 2.05) is 0 Å². The Balaban J connectivity index is 2.45. The van der Waals surface area contributed by atoms with Gasteiger partial charge in [0.1, 0.15) is 5.56 Å². The Hall–Kier alpha value is -2.16. The number of aliphatic hydroxyl groups is 1. The molecule has 0 aromatic carbocycles. The third-order valence-electron chi connectivity index (χ3n) is 2.57. The fraction of sp³-hybridized carbons (Fsp3) is 0.417.